The largest absolute Gasteiger partial charge is 0.504 e. The molecule has 0 spiro atoms. The molecule has 0 amide bonds. The van der Waals surface area contributed by atoms with Gasteiger partial charge < -0.3 is 10.8 Å². The number of nitrogens with zero attached hydrogens (tertiary/aromatic N) is 1. The number of nitrogens with two attached hydrogens (primary N) is 1. The molecule has 0 aliphatic carbocycles. The number of aromatic nitrogens is 1. The van der Waals surface area contributed by atoms with Crippen LogP contribution in [0, 0.1) is 0 Å². The maximum Gasteiger partial charge on any atom is 0.156 e. The Balaban J connectivity index is 3.13. The Bertz CT molecular complexity index is 167. The standard InChI is InChI=1S/C5H6N2O/c6-4-1-2-7-3-5(4)8/h1-3,8H,(H2,6,7). The second-order valence-electron chi connectivity index (χ2n) is 1.43. The number of anilines is 1. The first kappa shape index (κ1) is 4.90. The molecule has 0 aliphatic rings. The van der Waals surface area contributed by atoms with Crippen molar-refractivity contribution < 1.29 is 5.11 Å². The van der Waals surface area contributed by atoms with Crippen molar-refractivity contribution in [3.05, 3.63) is 18.5 Å². The number of aromatic hydroxyl groups is 1. The predicted molar refractivity (Wildman–Crippen MR) is 30.3 cm³/mol. The van der Waals surface area contributed by atoms with Crippen molar-refractivity contribution in [1.29, 1.82) is 0 Å². The van der Waals surface area contributed by atoms with E-state index >= 15 is 0 Å². The highest BCUT2D eigenvalue weighted by Gasteiger charge is 1.89. The van der Waals surface area contributed by atoms with Gasteiger partial charge >= 0.3 is 0 Å². The molecule has 0 fully saturated rings. The number of hydrogen-bond donors (Lipinski definition) is 2. The predicted octanol–water partition coefficient (Wildman–Crippen LogP) is 0.369. The Labute approximate surface area is 46.8 Å². The van der Waals surface area contributed by atoms with Gasteiger partial charge in [0.15, 0.2) is 5.75 Å². The molecule has 42 valence electrons. The summed E-state index contributed by atoms with van der Waals surface area (Å²) in [6.07, 6.45) is 2.82. The maximum atomic E-state index is 8.73. The smallest absolute Gasteiger partial charge is 0.156 e. The van der Waals surface area contributed by atoms with Gasteiger partial charge in [-0.2, -0.15) is 0 Å². The summed E-state index contributed by atoms with van der Waals surface area (Å²) in [7, 11) is 0. The fourth-order valence-corrected chi connectivity index (χ4v) is 0.397. The van der Waals surface area contributed by atoms with Crippen LogP contribution < -0.4 is 5.73 Å². The molecule has 0 aliphatic heterocycles. The molecular weight excluding hydrogens is 104 g/mol. The van der Waals surface area contributed by atoms with Crippen LogP contribution in [0.5, 0.6) is 5.75 Å². The van der Waals surface area contributed by atoms with E-state index in [4.69, 9.17) is 10.8 Å². The second-order valence-corrected chi connectivity index (χ2v) is 1.43. The summed E-state index contributed by atoms with van der Waals surface area (Å²) >= 11 is 0. The Hall–Kier alpha value is -1.25. The first-order valence-electron chi connectivity index (χ1n) is 2.19. The average molecular weight is 110 g/mol. The highest BCUT2D eigenvalue weighted by molar-refractivity contribution is 5.48. The Kier molecular flexibility index (Phi) is 1.04. The third-order valence-electron chi connectivity index (χ3n) is 0.833. The van der Waals surface area contributed by atoms with Crippen LogP contribution in [0.4, 0.5) is 5.69 Å². The Morgan fingerprint density at radius 2 is 2.38 bits per heavy atom. The van der Waals surface area contributed by atoms with Gasteiger partial charge in [-0.15, -0.1) is 0 Å². The highest BCUT2D eigenvalue weighted by atomic mass is 16.3. The lowest BCUT2D eigenvalue weighted by Gasteiger charge is -1.91. The summed E-state index contributed by atoms with van der Waals surface area (Å²) in [6.45, 7) is 0. The summed E-state index contributed by atoms with van der Waals surface area (Å²) in [4.78, 5) is 3.62. The van der Waals surface area contributed by atoms with Crippen LogP contribution in [-0.4, -0.2) is 10.1 Å². The lowest BCUT2D eigenvalue weighted by Crippen LogP contribution is -1.84. The third-order valence-corrected chi connectivity index (χ3v) is 0.833. The van der Waals surface area contributed by atoms with Gasteiger partial charge in [-0.1, -0.05) is 0 Å². The Morgan fingerprint density at radius 3 is 2.75 bits per heavy atom. The molecule has 3 nitrogen and oxygen atoms in total. The van der Waals surface area contributed by atoms with Crippen LogP contribution >= 0.6 is 0 Å². The van der Waals surface area contributed by atoms with Gasteiger partial charge in [0.1, 0.15) is 0 Å². The van der Waals surface area contributed by atoms with Crippen LogP contribution in [0.15, 0.2) is 18.5 Å². The first-order chi connectivity index (χ1) is 3.80. The molecule has 1 heterocycles. The normalized spacial score (nSPS) is 9.00. The zero-order valence-corrected chi connectivity index (χ0v) is 4.20. The summed E-state index contributed by atoms with van der Waals surface area (Å²) in [5.41, 5.74) is 5.59. The molecule has 0 saturated carbocycles. The fraction of sp³-hybridized carbons (Fsp3) is 0. The number of rotatable bonds is 0. The lowest BCUT2D eigenvalue weighted by molar-refractivity contribution is 0.475. The van der Waals surface area contributed by atoms with Crippen molar-refractivity contribution in [3.8, 4) is 5.75 Å². The molecule has 0 atom stereocenters. The summed E-state index contributed by atoms with van der Waals surface area (Å²) < 4.78 is 0. The van der Waals surface area contributed by atoms with Crippen LogP contribution in [0.25, 0.3) is 0 Å². The summed E-state index contributed by atoms with van der Waals surface area (Å²) in [5.74, 6) is 0.0347. The molecule has 0 radical (unpaired) electrons. The zero-order chi connectivity index (χ0) is 5.98. The van der Waals surface area contributed by atoms with E-state index < -0.39 is 0 Å². The van der Waals surface area contributed by atoms with E-state index in [0.29, 0.717) is 5.69 Å². The minimum Gasteiger partial charge on any atom is -0.504 e. The number of pyridine rings is 1. The topological polar surface area (TPSA) is 59.1 Å². The van der Waals surface area contributed by atoms with Gasteiger partial charge in [-0.25, -0.2) is 0 Å². The quantitative estimate of drug-likeness (QED) is 0.507. The monoisotopic (exact) mass is 110 g/mol. The molecule has 3 N–H and O–H groups in total. The molecule has 8 heavy (non-hydrogen) atoms. The van der Waals surface area contributed by atoms with Crippen molar-refractivity contribution in [2.45, 2.75) is 0 Å². The van der Waals surface area contributed by atoms with E-state index in [0.717, 1.165) is 0 Å². The minimum atomic E-state index is 0.0347. The van der Waals surface area contributed by atoms with Gasteiger partial charge in [0, 0.05) is 6.20 Å². The number of nitrogen functional groups attached to an aromatic ring is 1. The molecular formula is C5H6N2O. The lowest BCUT2D eigenvalue weighted by atomic mass is 10.4. The molecule has 0 saturated heterocycles. The van der Waals surface area contributed by atoms with Crippen LogP contribution in [0.3, 0.4) is 0 Å². The van der Waals surface area contributed by atoms with Gasteiger partial charge in [-0.3, -0.25) is 4.98 Å². The minimum absolute atomic E-state index is 0.0347. The summed E-state index contributed by atoms with van der Waals surface area (Å²) in [5, 5.41) is 8.73. The van der Waals surface area contributed by atoms with Crippen LogP contribution in [-0.2, 0) is 0 Å². The van der Waals surface area contributed by atoms with Gasteiger partial charge in [0.2, 0.25) is 0 Å². The van der Waals surface area contributed by atoms with Crippen LogP contribution in [0.2, 0.25) is 0 Å². The zero-order valence-electron chi connectivity index (χ0n) is 4.20. The summed E-state index contributed by atoms with van der Waals surface area (Å²) in [6, 6.07) is 1.54. The molecule has 0 aromatic carbocycles. The van der Waals surface area contributed by atoms with E-state index in [1.54, 1.807) is 0 Å². The van der Waals surface area contributed by atoms with Crippen molar-refractivity contribution in [1.82, 2.24) is 4.98 Å². The van der Waals surface area contributed by atoms with Gasteiger partial charge in [-0.05, 0) is 6.07 Å². The van der Waals surface area contributed by atoms with E-state index in [9.17, 15) is 0 Å². The maximum absolute atomic E-state index is 8.73. The van der Waals surface area contributed by atoms with Crippen molar-refractivity contribution >= 4 is 5.69 Å². The van der Waals surface area contributed by atoms with E-state index in [1.165, 1.54) is 18.5 Å². The van der Waals surface area contributed by atoms with Crippen LogP contribution in [0.1, 0.15) is 0 Å². The third kappa shape index (κ3) is 0.703. The molecule has 1 aromatic rings. The Morgan fingerprint density at radius 1 is 1.62 bits per heavy atom. The SMILES string of the molecule is Nc1ccncc1O. The van der Waals surface area contributed by atoms with Crippen molar-refractivity contribution in [3.63, 3.8) is 0 Å². The van der Waals surface area contributed by atoms with E-state index in [1.807, 2.05) is 0 Å². The van der Waals surface area contributed by atoms with Gasteiger partial charge in [0.05, 0.1) is 11.9 Å². The van der Waals surface area contributed by atoms with Gasteiger partial charge in [0.25, 0.3) is 0 Å². The first-order valence-corrected chi connectivity index (χ1v) is 2.19. The van der Waals surface area contributed by atoms with E-state index in [-0.39, 0.29) is 5.75 Å². The molecule has 0 bridgehead atoms. The molecule has 1 rings (SSSR count). The van der Waals surface area contributed by atoms with E-state index in [2.05, 4.69) is 4.98 Å². The molecule has 1 aromatic heterocycles. The second kappa shape index (κ2) is 1.69. The fourth-order valence-electron chi connectivity index (χ4n) is 0.397. The molecule has 0 unspecified atom stereocenters. The average Bonchev–Trinajstić information content (AvgIpc) is 1.77. The van der Waals surface area contributed by atoms with Crippen molar-refractivity contribution in [2.75, 3.05) is 5.73 Å². The number of hydrogen-bond acceptors (Lipinski definition) is 3. The molecule has 3 heteroatoms. The highest BCUT2D eigenvalue weighted by Crippen LogP contribution is 2.14. The van der Waals surface area contributed by atoms with Crippen molar-refractivity contribution in [2.24, 2.45) is 0 Å².